The second kappa shape index (κ2) is 6.62. The molecule has 67 valence electrons. The van der Waals surface area contributed by atoms with Crippen LogP contribution in [0.2, 0.25) is 0 Å². The van der Waals surface area contributed by atoms with Crippen LogP contribution in [-0.4, -0.2) is 18.8 Å². The zero-order chi connectivity index (χ0) is 8.69. The van der Waals surface area contributed by atoms with Crippen molar-refractivity contribution in [3.05, 3.63) is 0 Å². The van der Waals surface area contributed by atoms with Gasteiger partial charge in [-0.05, 0) is 20.3 Å². The molecule has 0 amide bonds. The Morgan fingerprint density at radius 3 is 2.27 bits per heavy atom. The molecule has 1 atom stereocenters. The van der Waals surface area contributed by atoms with E-state index >= 15 is 0 Å². The third kappa shape index (κ3) is 6.32. The van der Waals surface area contributed by atoms with Gasteiger partial charge in [-0.1, -0.05) is 20.3 Å². The van der Waals surface area contributed by atoms with Gasteiger partial charge in [-0.3, -0.25) is 5.32 Å². The first-order chi connectivity index (χ1) is 5.20. The van der Waals surface area contributed by atoms with Crippen LogP contribution >= 0.6 is 0 Å². The average molecular weight is 157 g/mol. The number of nitrogens with one attached hydrogen (secondary N) is 1. The maximum absolute atomic E-state index is 4.44. The van der Waals surface area contributed by atoms with Crippen LogP contribution in [0.5, 0.6) is 0 Å². The smallest absolute Gasteiger partial charge is 0.0737 e. The molecular weight excluding hydrogens is 136 g/mol. The van der Waals surface area contributed by atoms with Crippen LogP contribution in [0.4, 0.5) is 0 Å². The van der Waals surface area contributed by atoms with E-state index in [4.69, 9.17) is 0 Å². The summed E-state index contributed by atoms with van der Waals surface area (Å²) in [6.07, 6.45) is 2.74. The number of hydrogen-bond acceptors (Lipinski definition) is 1. The van der Waals surface area contributed by atoms with Crippen molar-refractivity contribution >= 4 is 0 Å². The summed E-state index contributed by atoms with van der Waals surface area (Å²) in [5.74, 6) is 0. The zero-order valence-electron chi connectivity index (χ0n) is 8.22. The van der Waals surface area contributed by atoms with Crippen LogP contribution in [0.3, 0.4) is 0 Å². The molecule has 0 heterocycles. The monoisotopic (exact) mass is 157 g/mol. The lowest BCUT2D eigenvalue weighted by Crippen LogP contribution is -2.41. The van der Waals surface area contributed by atoms with Gasteiger partial charge in [0, 0.05) is 12.6 Å². The molecule has 0 rings (SSSR count). The highest BCUT2D eigenvalue weighted by Crippen LogP contribution is 1.95. The summed E-state index contributed by atoms with van der Waals surface area (Å²) in [6.45, 7) is 9.52. The average Bonchev–Trinajstić information content (AvgIpc) is 1.87. The molecule has 0 spiro atoms. The van der Waals surface area contributed by atoms with Gasteiger partial charge in [0.05, 0.1) is 6.17 Å². The molecule has 0 aromatic heterocycles. The minimum atomic E-state index is 0.380. The van der Waals surface area contributed by atoms with E-state index in [0.717, 1.165) is 13.0 Å². The molecule has 0 bridgehead atoms. The maximum Gasteiger partial charge on any atom is 0.0737 e. The van der Waals surface area contributed by atoms with Gasteiger partial charge in [0.1, 0.15) is 0 Å². The Labute approximate surface area is 70.8 Å². The minimum Gasteiger partial charge on any atom is -0.298 e. The van der Waals surface area contributed by atoms with E-state index in [0.29, 0.717) is 12.2 Å². The molecule has 1 radical (unpaired) electrons. The van der Waals surface area contributed by atoms with E-state index in [9.17, 15) is 0 Å². The maximum atomic E-state index is 4.44. The van der Waals surface area contributed by atoms with Crippen molar-refractivity contribution in [1.82, 2.24) is 10.6 Å². The highest BCUT2D eigenvalue weighted by atomic mass is 15.1. The Hall–Kier alpha value is -0.0800. The molecular formula is C9H21N2. The standard InChI is InChI=1S/C9H21N2/c1-5-7-9(10-6-2)11-8(3)4/h8-9,11H,5-7H2,1-4H3. The van der Waals surface area contributed by atoms with E-state index in [-0.39, 0.29) is 0 Å². The van der Waals surface area contributed by atoms with Crippen molar-refractivity contribution in [2.45, 2.75) is 52.7 Å². The van der Waals surface area contributed by atoms with E-state index in [1.807, 2.05) is 0 Å². The first-order valence-corrected chi connectivity index (χ1v) is 4.63. The molecule has 1 N–H and O–H groups in total. The van der Waals surface area contributed by atoms with Crippen LogP contribution in [0.15, 0.2) is 0 Å². The lowest BCUT2D eigenvalue weighted by Gasteiger charge is -2.19. The molecule has 11 heavy (non-hydrogen) atoms. The fourth-order valence-corrected chi connectivity index (χ4v) is 1.11. The van der Waals surface area contributed by atoms with E-state index in [1.54, 1.807) is 0 Å². The molecule has 0 aromatic carbocycles. The minimum absolute atomic E-state index is 0.380. The summed E-state index contributed by atoms with van der Waals surface area (Å²) in [6, 6.07) is 0.543. The third-order valence-corrected chi connectivity index (χ3v) is 1.49. The van der Waals surface area contributed by atoms with Crippen LogP contribution < -0.4 is 10.6 Å². The van der Waals surface area contributed by atoms with Gasteiger partial charge < -0.3 is 0 Å². The molecule has 0 aromatic rings. The van der Waals surface area contributed by atoms with Gasteiger partial charge in [0.25, 0.3) is 0 Å². The zero-order valence-corrected chi connectivity index (χ0v) is 8.22. The van der Waals surface area contributed by atoms with E-state index in [2.05, 4.69) is 38.3 Å². The van der Waals surface area contributed by atoms with E-state index < -0.39 is 0 Å². The lowest BCUT2D eigenvalue weighted by atomic mass is 10.2. The molecule has 0 saturated carbocycles. The molecule has 0 aliphatic heterocycles. The van der Waals surface area contributed by atoms with Crippen LogP contribution in [-0.2, 0) is 0 Å². The third-order valence-electron chi connectivity index (χ3n) is 1.49. The Balaban J connectivity index is 3.50. The van der Waals surface area contributed by atoms with Gasteiger partial charge in [-0.2, -0.15) is 0 Å². The van der Waals surface area contributed by atoms with Gasteiger partial charge in [0.2, 0.25) is 0 Å². The molecule has 0 fully saturated rings. The summed E-state index contributed by atoms with van der Waals surface area (Å²) < 4.78 is 0. The Bertz CT molecular complexity index is 75.6. The molecule has 1 unspecified atom stereocenters. The van der Waals surface area contributed by atoms with Gasteiger partial charge in [0.15, 0.2) is 0 Å². The van der Waals surface area contributed by atoms with Crippen molar-refractivity contribution in [1.29, 1.82) is 0 Å². The fourth-order valence-electron chi connectivity index (χ4n) is 1.11. The van der Waals surface area contributed by atoms with Crippen molar-refractivity contribution in [2.75, 3.05) is 6.54 Å². The molecule has 2 heteroatoms. The van der Waals surface area contributed by atoms with Gasteiger partial charge in [-0.15, -0.1) is 0 Å². The summed E-state index contributed by atoms with van der Waals surface area (Å²) in [7, 11) is 0. The summed E-state index contributed by atoms with van der Waals surface area (Å²) in [5.41, 5.74) is 0. The molecule has 0 saturated heterocycles. The second-order valence-electron chi connectivity index (χ2n) is 3.12. The van der Waals surface area contributed by atoms with Crippen LogP contribution in [0, 0.1) is 0 Å². The van der Waals surface area contributed by atoms with Crippen LogP contribution in [0.1, 0.15) is 40.5 Å². The lowest BCUT2D eigenvalue weighted by molar-refractivity contribution is 0.370. The van der Waals surface area contributed by atoms with Crippen molar-refractivity contribution in [3.63, 3.8) is 0 Å². The first-order valence-electron chi connectivity index (χ1n) is 4.63. The topological polar surface area (TPSA) is 26.1 Å². The summed E-state index contributed by atoms with van der Waals surface area (Å²) in [5, 5.41) is 7.86. The molecule has 2 nitrogen and oxygen atoms in total. The predicted octanol–water partition coefficient (Wildman–Crippen LogP) is 1.73. The molecule has 0 aliphatic rings. The van der Waals surface area contributed by atoms with Gasteiger partial charge in [-0.25, -0.2) is 5.32 Å². The number of nitrogens with zero attached hydrogens (tertiary/aromatic N) is 1. The van der Waals surface area contributed by atoms with Crippen LogP contribution in [0.25, 0.3) is 0 Å². The Morgan fingerprint density at radius 1 is 1.27 bits per heavy atom. The fraction of sp³-hybridized carbons (Fsp3) is 1.00. The highest BCUT2D eigenvalue weighted by molar-refractivity contribution is 4.64. The quantitative estimate of drug-likeness (QED) is 0.624. The number of rotatable bonds is 6. The van der Waals surface area contributed by atoms with E-state index in [1.165, 1.54) is 6.42 Å². The predicted molar refractivity (Wildman–Crippen MR) is 49.6 cm³/mol. The van der Waals surface area contributed by atoms with Crippen molar-refractivity contribution < 1.29 is 0 Å². The number of hydrogen-bond donors (Lipinski definition) is 1. The van der Waals surface area contributed by atoms with Crippen molar-refractivity contribution in [2.24, 2.45) is 0 Å². The SMILES string of the molecule is CCCC([N]CC)NC(C)C. The highest BCUT2D eigenvalue weighted by Gasteiger charge is 2.06. The Kier molecular flexibility index (Phi) is 6.57. The summed E-state index contributed by atoms with van der Waals surface area (Å²) >= 11 is 0. The largest absolute Gasteiger partial charge is 0.298 e. The van der Waals surface area contributed by atoms with Gasteiger partial charge >= 0.3 is 0 Å². The normalized spacial score (nSPS) is 13.9. The first kappa shape index (κ1) is 10.9. The second-order valence-corrected chi connectivity index (χ2v) is 3.12. The Morgan fingerprint density at radius 2 is 1.91 bits per heavy atom. The van der Waals surface area contributed by atoms with Crippen molar-refractivity contribution in [3.8, 4) is 0 Å². The molecule has 0 aliphatic carbocycles. The summed E-state index contributed by atoms with van der Waals surface area (Å²) in [4.78, 5) is 0.